The molecule has 0 aromatic heterocycles. The van der Waals surface area contributed by atoms with Gasteiger partial charge in [0.25, 0.3) is 0 Å². The maximum Gasteiger partial charge on any atom is 0.378 e. The Kier molecular flexibility index (Phi) is 4.90. The van der Waals surface area contributed by atoms with E-state index >= 15 is 0 Å². The maximum atomic E-state index is 12.5. The smallest absolute Gasteiger partial charge is 0.378 e. The van der Waals surface area contributed by atoms with Crippen LogP contribution in [0.25, 0.3) is 0 Å². The molecule has 0 heterocycles. The molecule has 0 aromatic carbocycles. The fourth-order valence-corrected chi connectivity index (χ4v) is 0.526. The van der Waals surface area contributed by atoms with Crippen molar-refractivity contribution in [3.8, 4) is 0 Å². The van der Waals surface area contributed by atoms with Gasteiger partial charge in [0.2, 0.25) is 0 Å². The first-order chi connectivity index (χ1) is 6.32. The summed E-state index contributed by atoms with van der Waals surface area (Å²) in [5.41, 5.74) is 0. The highest BCUT2D eigenvalue weighted by Crippen LogP contribution is 2.19. The van der Waals surface area contributed by atoms with Gasteiger partial charge in [-0.15, -0.1) is 0 Å². The standard InChI is InChI=1S/C8H13F3O3/c1-3-5(2)4-14-7(12)8(11,13)6(9)10/h5-6,13H,3-4H2,1-2H3. The van der Waals surface area contributed by atoms with Gasteiger partial charge in [-0.2, -0.15) is 4.39 Å². The number of aliphatic hydroxyl groups is 1. The zero-order chi connectivity index (χ0) is 11.4. The molecule has 0 aliphatic carbocycles. The minimum atomic E-state index is -4.20. The summed E-state index contributed by atoms with van der Waals surface area (Å²) in [6.07, 6.45) is -3.14. The number of alkyl halides is 3. The molecule has 14 heavy (non-hydrogen) atoms. The Balaban J connectivity index is 4.08. The molecule has 0 saturated heterocycles. The van der Waals surface area contributed by atoms with Gasteiger partial charge in [-0.1, -0.05) is 20.3 Å². The predicted octanol–water partition coefficient (Wildman–Crippen LogP) is 1.50. The van der Waals surface area contributed by atoms with E-state index in [1.165, 1.54) is 0 Å². The molecule has 3 nitrogen and oxygen atoms in total. The van der Waals surface area contributed by atoms with Crippen LogP contribution in [0.4, 0.5) is 13.2 Å². The van der Waals surface area contributed by atoms with Crippen molar-refractivity contribution in [2.45, 2.75) is 32.5 Å². The van der Waals surface area contributed by atoms with E-state index < -0.39 is 18.2 Å². The van der Waals surface area contributed by atoms with Gasteiger partial charge < -0.3 is 9.84 Å². The van der Waals surface area contributed by atoms with Crippen molar-refractivity contribution in [3.63, 3.8) is 0 Å². The molecule has 2 atom stereocenters. The van der Waals surface area contributed by atoms with E-state index in [9.17, 15) is 18.0 Å². The molecule has 2 unspecified atom stereocenters. The number of esters is 1. The Morgan fingerprint density at radius 2 is 2.07 bits per heavy atom. The third kappa shape index (κ3) is 3.53. The summed E-state index contributed by atoms with van der Waals surface area (Å²) < 4.78 is 40.2. The van der Waals surface area contributed by atoms with Gasteiger partial charge in [0.1, 0.15) is 0 Å². The topological polar surface area (TPSA) is 46.5 Å². The second-order valence-corrected chi connectivity index (χ2v) is 3.09. The second-order valence-electron chi connectivity index (χ2n) is 3.09. The van der Waals surface area contributed by atoms with E-state index in [2.05, 4.69) is 4.74 Å². The number of halogens is 3. The van der Waals surface area contributed by atoms with Crippen LogP contribution in [0.2, 0.25) is 0 Å². The van der Waals surface area contributed by atoms with Crippen molar-refractivity contribution >= 4 is 5.97 Å². The van der Waals surface area contributed by atoms with Gasteiger partial charge in [0, 0.05) is 0 Å². The Morgan fingerprint density at radius 3 is 2.43 bits per heavy atom. The number of carbonyl (C=O) groups excluding carboxylic acids is 1. The van der Waals surface area contributed by atoms with E-state index in [1.54, 1.807) is 13.8 Å². The van der Waals surface area contributed by atoms with Crippen LogP contribution in [-0.4, -0.2) is 30.0 Å². The summed E-state index contributed by atoms with van der Waals surface area (Å²) in [5, 5.41) is 8.35. The minimum absolute atomic E-state index is 0.0626. The molecule has 0 fully saturated rings. The molecular weight excluding hydrogens is 201 g/mol. The average molecular weight is 214 g/mol. The zero-order valence-corrected chi connectivity index (χ0v) is 7.97. The first-order valence-corrected chi connectivity index (χ1v) is 4.19. The summed E-state index contributed by atoms with van der Waals surface area (Å²) in [6, 6.07) is 0. The van der Waals surface area contributed by atoms with Crippen molar-refractivity contribution < 1.29 is 27.8 Å². The van der Waals surface area contributed by atoms with Gasteiger partial charge in [0.05, 0.1) is 6.61 Å². The third-order valence-corrected chi connectivity index (χ3v) is 1.77. The number of hydrogen-bond donors (Lipinski definition) is 1. The Morgan fingerprint density at radius 1 is 1.57 bits per heavy atom. The lowest BCUT2D eigenvalue weighted by molar-refractivity contribution is -0.219. The summed E-state index contributed by atoms with van der Waals surface area (Å²) in [5.74, 6) is -6.20. The lowest BCUT2D eigenvalue weighted by atomic mass is 10.1. The van der Waals surface area contributed by atoms with Crippen molar-refractivity contribution in [3.05, 3.63) is 0 Å². The van der Waals surface area contributed by atoms with E-state index in [1.807, 2.05) is 0 Å². The lowest BCUT2D eigenvalue weighted by Gasteiger charge is -2.17. The number of hydrogen-bond acceptors (Lipinski definition) is 3. The number of rotatable bonds is 5. The van der Waals surface area contributed by atoms with Gasteiger partial charge in [-0.05, 0) is 5.92 Å². The molecule has 0 aliphatic rings. The van der Waals surface area contributed by atoms with Crippen LogP contribution >= 0.6 is 0 Å². The summed E-state index contributed by atoms with van der Waals surface area (Å²) >= 11 is 0. The van der Waals surface area contributed by atoms with Crippen molar-refractivity contribution in [2.24, 2.45) is 5.92 Å². The highest BCUT2D eigenvalue weighted by atomic mass is 19.3. The Hall–Kier alpha value is -0.780. The van der Waals surface area contributed by atoms with Crippen molar-refractivity contribution in [2.75, 3.05) is 6.61 Å². The van der Waals surface area contributed by atoms with Crippen molar-refractivity contribution in [1.82, 2.24) is 0 Å². The predicted molar refractivity (Wildman–Crippen MR) is 42.5 cm³/mol. The molecule has 6 heteroatoms. The van der Waals surface area contributed by atoms with Crippen LogP contribution in [-0.2, 0) is 9.53 Å². The minimum Gasteiger partial charge on any atom is -0.461 e. The van der Waals surface area contributed by atoms with Crippen LogP contribution in [0, 0.1) is 5.92 Å². The molecule has 0 radical (unpaired) electrons. The van der Waals surface area contributed by atoms with Crippen LogP contribution in [0.5, 0.6) is 0 Å². The molecule has 0 bridgehead atoms. The molecule has 0 rings (SSSR count). The van der Waals surface area contributed by atoms with E-state index in [-0.39, 0.29) is 12.5 Å². The Labute approximate surface area is 79.9 Å². The van der Waals surface area contributed by atoms with Gasteiger partial charge in [0.15, 0.2) is 0 Å². The van der Waals surface area contributed by atoms with Crippen LogP contribution in [0.15, 0.2) is 0 Å². The number of carbonyl (C=O) groups is 1. The molecule has 0 saturated carbocycles. The molecule has 0 spiro atoms. The van der Waals surface area contributed by atoms with Crippen molar-refractivity contribution in [1.29, 1.82) is 0 Å². The fourth-order valence-electron chi connectivity index (χ4n) is 0.526. The monoisotopic (exact) mass is 214 g/mol. The van der Waals surface area contributed by atoms with E-state index in [0.717, 1.165) is 0 Å². The normalized spacial score (nSPS) is 17.6. The average Bonchev–Trinajstić information content (AvgIpc) is 2.12. The molecule has 0 aromatic rings. The SMILES string of the molecule is CCC(C)COC(=O)C(O)(F)C(F)F. The quantitative estimate of drug-likeness (QED) is 0.705. The van der Waals surface area contributed by atoms with E-state index in [0.29, 0.717) is 6.42 Å². The Bertz CT molecular complexity index is 194. The highest BCUT2D eigenvalue weighted by Gasteiger charge is 2.48. The van der Waals surface area contributed by atoms with Crippen LogP contribution < -0.4 is 0 Å². The zero-order valence-electron chi connectivity index (χ0n) is 7.97. The molecule has 0 amide bonds. The van der Waals surface area contributed by atoms with Gasteiger partial charge in [-0.25, -0.2) is 13.6 Å². The maximum absolute atomic E-state index is 12.5. The first kappa shape index (κ1) is 13.2. The molecular formula is C8H13F3O3. The molecule has 1 N–H and O–H groups in total. The summed E-state index contributed by atoms with van der Waals surface area (Å²) in [7, 11) is 0. The third-order valence-electron chi connectivity index (χ3n) is 1.77. The lowest BCUT2D eigenvalue weighted by Crippen LogP contribution is -2.42. The van der Waals surface area contributed by atoms with Gasteiger partial charge >= 0.3 is 18.2 Å². The highest BCUT2D eigenvalue weighted by molar-refractivity contribution is 5.77. The second kappa shape index (κ2) is 5.19. The summed E-state index contributed by atoms with van der Waals surface area (Å²) in [4.78, 5) is 10.6. The first-order valence-electron chi connectivity index (χ1n) is 4.19. The molecule has 84 valence electrons. The summed E-state index contributed by atoms with van der Waals surface area (Å²) in [6.45, 7) is 3.31. The van der Waals surface area contributed by atoms with E-state index in [4.69, 9.17) is 5.11 Å². The largest absolute Gasteiger partial charge is 0.461 e. The van der Waals surface area contributed by atoms with Crippen LogP contribution in [0.1, 0.15) is 20.3 Å². The van der Waals surface area contributed by atoms with Crippen LogP contribution in [0.3, 0.4) is 0 Å². The fraction of sp³-hybridized carbons (Fsp3) is 0.875. The number of ether oxygens (including phenoxy) is 1. The van der Waals surface area contributed by atoms with Gasteiger partial charge in [-0.3, -0.25) is 0 Å². The molecule has 0 aliphatic heterocycles.